The van der Waals surface area contributed by atoms with Gasteiger partial charge in [0, 0.05) is 36.5 Å². The predicted octanol–water partition coefficient (Wildman–Crippen LogP) is 2.93. The highest BCUT2D eigenvalue weighted by molar-refractivity contribution is 7.99. The maximum absolute atomic E-state index is 4.15. The van der Waals surface area contributed by atoms with Crippen molar-refractivity contribution in [1.82, 2.24) is 15.1 Å². The third kappa shape index (κ3) is 6.74. The van der Waals surface area contributed by atoms with Crippen LogP contribution in [-0.2, 0) is 7.05 Å². The van der Waals surface area contributed by atoms with Gasteiger partial charge < -0.3 is 5.32 Å². The van der Waals surface area contributed by atoms with Gasteiger partial charge in [0.15, 0.2) is 0 Å². The van der Waals surface area contributed by atoms with Crippen molar-refractivity contribution < 1.29 is 0 Å². The topological polar surface area (TPSA) is 29.9 Å². The molecule has 3 nitrogen and oxygen atoms in total. The highest BCUT2D eigenvalue weighted by Gasteiger charge is 2.03. The molecule has 1 unspecified atom stereocenters. The van der Waals surface area contributed by atoms with Crippen LogP contribution in [0.15, 0.2) is 17.3 Å². The normalized spacial score (nSPS) is 13.2. The second kappa shape index (κ2) is 7.77. The van der Waals surface area contributed by atoms with Crippen molar-refractivity contribution in [1.29, 1.82) is 0 Å². The maximum Gasteiger partial charge on any atom is 0.0625 e. The van der Waals surface area contributed by atoms with Crippen molar-refractivity contribution >= 4 is 11.8 Å². The first kappa shape index (κ1) is 14.6. The van der Waals surface area contributed by atoms with Crippen LogP contribution in [0.3, 0.4) is 0 Å². The summed E-state index contributed by atoms with van der Waals surface area (Å²) in [6.45, 7) is 7.91. The molecule has 0 aliphatic rings. The van der Waals surface area contributed by atoms with Crippen molar-refractivity contribution in [2.75, 3.05) is 12.3 Å². The first-order chi connectivity index (χ1) is 8.08. The van der Waals surface area contributed by atoms with Gasteiger partial charge in [-0.25, -0.2) is 0 Å². The number of rotatable bonds is 8. The van der Waals surface area contributed by atoms with E-state index in [2.05, 4.69) is 37.4 Å². The number of nitrogens with zero attached hydrogens (tertiary/aromatic N) is 2. The number of aromatic nitrogens is 2. The van der Waals surface area contributed by atoms with Crippen LogP contribution in [0.25, 0.3) is 0 Å². The third-order valence-corrected chi connectivity index (χ3v) is 3.67. The summed E-state index contributed by atoms with van der Waals surface area (Å²) in [5.74, 6) is 1.92. The average molecular weight is 255 g/mol. The van der Waals surface area contributed by atoms with Crippen molar-refractivity contribution in [3.63, 3.8) is 0 Å². The zero-order valence-electron chi connectivity index (χ0n) is 11.4. The lowest BCUT2D eigenvalue weighted by Gasteiger charge is -2.14. The molecule has 0 amide bonds. The summed E-state index contributed by atoms with van der Waals surface area (Å²) in [5.41, 5.74) is 0. The molecule has 0 aliphatic heterocycles. The molecule has 1 heterocycles. The zero-order valence-corrected chi connectivity index (χ0v) is 12.3. The Labute approximate surface area is 109 Å². The summed E-state index contributed by atoms with van der Waals surface area (Å²) in [6, 6.07) is 0.631. The lowest BCUT2D eigenvalue weighted by Crippen LogP contribution is -2.28. The molecule has 0 saturated carbocycles. The lowest BCUT2D eigenvalue weighted by molar-refractivity contribution is 0.460. The first-order valence-corrected chi connectivity index (χ1v) is 7.41. The van der Waals surface area contributed by atoms with Gasteiger partial charge in [-0.05, 0) is 25.7 Å². The highest BCUT2D eigenvalue weighted by atomic mass is 32.2. The van der Waals surface area contributed by atoms with Crippen molar-refractivity contribution in [2.45, 2.75) is 44.6 Å². The van der Waals surface area contributed by atoms with E-state index in [9.17, 15) is 0 Å². The van der Waals surface area contributed by atoms with Gasteiger partial charge in [0.05, 0.1) is 6.20 Å². The molecule has 1 N–H and O–H groups in total. The standard InChI is InChI=1S/C13H25N3S/c1-11(2)5-6-12(3)14-7-8-17-13-9-15-16(4)10-13/h9-12,14H,5-8H2,1-4H3. The molecule has 1 aromatic rings. The molecule has 1 rings (SSSR count). The molecule has 0 spiro atoms. The molecule has 17 heavy (non-hydrogen) atoms. The van der Waals surface area contributed by atoms with Crippen molar-refractivity contribution in [2.24, 2.45) is 13.0 Å². The van der Waals surface area contributed by atoms with Gasteiger partial charge in [-0.1, -0.05) is 13.8 Å². The predicted molar refractivity (Wildman–Crippen MR) is 75.5 cm³/mol. The van der Waals surface area contributed by atoms with Crippen LogP contribution in [0.2, 0.25) is 0 Å². The Morgan fingerprint density at radius 2 is 2.12 bits per heavy atom. The van der Waals surface area contributed by atoms with Crippen LogP contribution in [0.4, 0.5) is 0 Å². The summed E-state index contributed by atoms with van der Waals surface area (Å²) >= 11 is 1.86. The lowest BCUT2D eigenvalue weighted by atomic mass is 10.0. The van der Waals surface area contributed by atoms with E-state index in [1.807, 2.05) is 29.7 Å². The fourth-order valence-electron chi connectivity index (χ4n) is 1.63. The molecular weight excluding hydrogens is 230 g/mol. The first-order valence-electron chi connectivity index (χ1n) is 6.42. The molecule has 0 radical (unpaired) electrons. The molecule has 0 saturated heterocycles. The molecule has 98 valence electrons. The number of aryl methyl sites for hydroxylation is 1. The van der Waals surface area contributed by atoms with Crippen molar-refractivity contribution in [3.05, 3.63) is 12.4 Å². The van der Waals surface area contributed by atoms with Crippen LogP contribution in [0.5, 0.6) is 0 Å². The van der Waals surface area contributed by atoms with Gasteiger partial charge in [-0.3, -0.25) is 4.68 Å². The van der Waals surface area contributed by atoms with Crippen LogP contribution < -0.4 is 5.32 Å². The van der Waals surface area contributed by atoms with Gasteiger partial charge in [0.1, 0.15) is 0 Å². The maximum atomic E-state index is 4.15. The van der Waals surface area contributed by atoms with Crippen LogP contribution in [0.1, 0.15) is 33.6 Å². The Morgan fingerprint density at radius 1 is 1.35 bits per heavy atom. The number of thioether (sulfide) groups is 1. The quantitative estimate of drug-likeness (QED) is 0.572. The molecule has 0 bridgehead atoms. The molecule has 4 heteroatoms. The summed E-state index contributed by atoms with van der Waals surface area (Å²) in [5, 5.41) is 7.72. The Morgan fingerprint density at radius 3 is 2.71 bits per heavy atom. The summed E-state index contributed by atoms with van der Waals surface area (Å²) in [7, 11) is 1.95. The fraction of sp³-hybridized carbons (Fsp3) is 0.769. The number of hydrogen-bond acceptors (Lipinski definition) is 3. The van der Waals surface area contributed by atoms with Crippen molar-refractivity contribution in [3.8, 4) is 0 Å². The summed E-state index contributed by atoms with van der Waals surface area (Å²) in [4.78, 5) is 1.25. The minimum Gasteiger partial charge on any atom is -0.313 e. The largest absolute Gasteiger partial charge is 0.313 e. The Balaban J connectivity index is 2.03. The third-order valence-electron chi connectivity index (χ3n) is 2.72. The molecule has 0 aromatic carbocycles. The van der Waals surface area contributed by atoms with Gasteiger partial charge >= 0.3 is 0 Å². The average Bonchev–Trinajstić information content (AvgIpc) is 2.68. The minimum absolute atomic E-state index is 0.631. The van der Waals surface area contributed by atoms with Crippen LogP contribution in [-0.4, -0.2) is 28.1 Å². The number of hydrogen-bond donors (Lipinski definition) is 1. The van der Waals surface area contributed by atoms with E-state index in [1.54, 1.807) is 0 Å². The molecule has 0 fully saturated rings. The number of nitrogens with one attached hydrogen (secondary N) is 1. The van der Waals surface area contributed by atoms with E-state index in [4.69, 9.17) is 0 Å². The van der Waals surface area contributed by atoms with E-state index in [1.165, 1.54) is 17.7 Å². The van der Waals surface area contributed by atoms with Gasteiger partial charge in [-0.15, -0.1) is 11.8 Å². The fourth-order valence-corrected chi connectivity index (χ4v) is 2.44. The Bertz CT molecular complexity index is 309. The van der Waals surface area contributed by atoms with Gasteiger partial charge in [0.25, 0.3) is 0 Å². The summed E-state index contributed by atoms with van der Waals surface area (Å²) in [6.07, 6.45) is 6.57. The van der Waals surface area contributed by atoms with Gasteiger partial charge in [-0.2, -0.15) is 5.10 Å². The minimum atomic E-state index is 0.631. The second-order valence-corrected chi connectivity index (χ2v) is 6.19. The molecule has 1 aromatic heterocycles. The smallest absolute Gasteiger partial charge is 0.0625 e. The zero-order chi connectivity index (χ0) is 12.7. The molecule has 0 aliphatic carbocycles. The van der Waals surface area contributed by atoms with E-state index >= 15 is 0 Å². The van der Waals surface area contributed by atoms with Crippen LogP contribution in [0, 0.1) is 5.92 Å². The SMILES string of the molecule is CC(C)CCC(C)NCCSc1cnn(C)c1. The Kier molecular flexibility index (Phi) is 6.66. The monoisotopic (exact) mass is 255 g/mol. The highest BCUT2D eigenvalue weighted by Crippen LogP contribution is 2.15. The van der Waals surface area contributed by atoms with Gasteiger partial charge in [0.2, 0.25) is 0 Å². The second-order valence-electron chi connectivity index (χ2n) is 5.02. The molecule has 1 atom stereocenters. The van der Waals surface area contributed by atoms with E-state index in [0.29, 0.717) is 6.04 Å². The van der Waals surface area contributed by atoms with E-state index < -0.39 is 0 Å². The van der Waals surface area contributed by atoms with E-state index in [0.717, 1.165) is 18.2 Å². The van der Waals surface area contributed by atoms with Crippen LogP contribution >= 0.6 is 11.8 Å². The Hall–Kier alpha value is -0.480. The van der Waals surface area contributed by atoms with E-state index in [-0.39, 0.29) is 0 Å². The summed E-state index contributed by atoms with van der Waals surface area (Å²) < 4.78 is 1.85. The molecular formula is C13H25N3S.